The molecule has 0 spiro atoms. The van der Waals surface area contributed by atoms with Gasteiger partial charge in [-0.3, -0.25) is 4.90 Å². The molecule has 0 aromatic carbocycles. The summed E-state index contributed by atoms with van der Waals surface area (Å²) in [4.78, 5) is 5.11. The van der Waals surface area contributed by atoms with Gasteiger partial charge in [0, 0.05) is 0 Å². The molecule has 12 heavy (non-hydrogen) atoms. The van der Waals surface area contributed by atoms with Crippen LogP contribution in [-0.4, -0.2) is 23.3 Å². The van der Waals surface area contributed by atoms with E-state index in [2.05, 4.69) is 36.9 Å². The van der Waals surface area contributed by atoms with Crippen molar-refractivity contribution in [1.82, 2.24) is 4.90 Å². The first-order valence-electron chi connectivity index (χ1n) is 4.05. The van der Waals surface area contributed by atoms with Crippen LogP contribution in [-0.2, 0) is 0 Å². The smallest absolute Gasteiger partial charge is 0.222 e. The molecule has 3 N–H and O–H groups in total. The van der Waals surface area contributed by atoms with Crippen LogP contribution >= 0.6 is 0 Å². The molecule has 0 bridgehead atoms. The molecule has 0 aliphatic carbocycles. The van der Waals surface area contributed by atoms with E-state index in [0.29, 0.717) is 11.9 Å². The van der Waals surface area contributed by atoms with Crippen molar-refractivity contribution in [3.8, 4) is 0 Å². The molecule has 0 amide bonds. The molecule has 1 rings (SSSR count). The highest BCUT2D eigenvalue weighted by atomic mass is 15.3. The fraction of sp³-hybridized carbons (Fsp3) is 0.444. The molecular weight excluding hydrogens is 150 g/mol. The summed E-state index contributed by atoms with van der Waals surface area (Å²) in [5, 5.41) is 0. The van der Waals surface area contributed by atoms with Crippen LogP contribution in [0.1, 0.15) is 13.8 Å². The highest BCUT2D eigenvalue weighted by Gasteiger charge is 2.24. The Morgan fingerprint density at radius 2 is 2.08 bits per heavy atom. The lowest BCUT2D eigenvalue weighted by atomic mass is 10.2. The van der Waals surface area contributed by atoms with Gasteiger partial charge in [-0.05, 0) is 20.4 Å². The number of amidine groups is 1. The van der Waals surface area contributed by atoms with Crippen molar-refractivity contribution in [2.45, 2.75) is 19.9 Å². The topological polar surface area (TPSA) is 43.2 Å². The Morgan fingerprint density at radius 3 is 2.58 bits per heavy atom. The zero-order valence-corrected chi connectivity index (χ0v) is 7.72. The Morgan fingerprint density at radius 1 is 1.50 bits per heavy atom. The van der Waals surface area contributed by atoms with Gasteiger partial charge in [-0.1, -0.05) is 6.58 Å². The predicted octanol–water partition coefficient (Wildman–Crippen LogP) is -0.824. The summed E-state index contributed by atoms with van der Waals surface area (Å²) < 4.78 is 0. The molecule has 0 aromatic rings. The molecule has 0 saturated carbocycles. The van der Waals surface area contributed by atoms with E-state index in [0.717, 1.165) is 17.9 Å². The van der Waals surface area contributed by atoms with Gasteiger partial charge in [0.2, 0.25) is 11.7 Å². The van der Waals surface area contributed by atoms with Gasteiger partial charge in [-0.2, -0.15) is 0 Å². The standard InChI is InChI=1S/C9H15N3/c1-6(2)12-5-7(3)9(10)11-8(12)4/h6H,3-5H2,1-2H3,(H2,10,11)/p+1. The molecule has 0 radical (unpaired) electrons. The van der Waals surface area contributed by atoms with Crippen LogP contribution in [0.2, 0.25) is 0 Å². The van der Waals surface area contributed by atoms with Gasteiger partial charge in [0.15, 0.2) is 0 Å². The van der Waals surface area contributed by atoms with Crippen LogP contribution in [0.4, 0.5) is 0 Å². The molecule has 0 aromatic heterocycles. The fourth-order valence-electron chi connectivity index (χ4n) is 1.20. The SMILES string of the molecule is C=C1CN(C(C)C)C(=C)[NH+]=C1N. The summed E-state index contributed by atoms with van der Waals surface area (Å²) in [5.74, 6) is 1.49. The summed E-state index contributed by atoms with van der Waals surface area (Å²) in [6, 6.07) is 0.426. The molecule has 3 nitrogen and oxygen atoms in total. The van der Waals surface area contributed by atoms with E-state index in [1.165, 1.54) is 0 Å². The van der Waals surface area contributed by atoms with Gasteiger partial charge in [0.05, 0.1) is 18.2 Å². The first-order chi connectivity index (χ1) is 5.52. The Labute approximate surface area is 73.3 Å². The van der Waals surface area contributed by atoms with Crippen LogP contribution in [0.25, 0.3) is 0 Å². The largest absolute Gasteiger partial charge is 0.318 e. The summed E-state index contributed by atoms with van der Waals surface area (Å²) in [6.45, 7) is 12.7. The lowest BCUT2D eigenvalue weighted by molar-refractivity contribution is -0.427. The number of hydrogen-bond donors (Lipinski definition) is 2. The van der Waals surface area contributed by atoms with Crippen molar-refractivity contribution in [2.75, 3.05) is 6.54 Å². The Bertz CT molecular complexity index is 250. The van der Waals surface area contributed by atoms with E-state index in [1.807, 2.05) is 0 Å². The molecule has 0 atom stereocenters. The Balaban J connectivity index is 2.87. The van der Waals surface area contributed by atoms with Gasteiger partial charge in [-0.25, -0.2) is 4.99 Å². The van der Waals surface area contributed by atoms with E-state index in [1.54, 1.807) is 0 Å². The van der Waals surface area contributed by atoms with E-state index in [9.17, 15) is 0 Å². The minimum atomic E-state index is 0.426. The van der Waals surface area contributed by atoms with Crippen LogP contribution in [0.3, 0.4) is 0 Å². The number of nitrogens with one attached hydrogen (secondary N) is 1. The van der Waals surface area contributed by atoms with Crippen LogP contribution in [0, 0.1) is 0 Å². The molecule has 1 heterocycles. The molecule has 3 heteroatoms. The third kappa shape index (κ3) is 1.49. The summed E-state index contributed by atoms with van der Waals surface area (Å²) in [6.07, 6.45) is 0. The quantitative estimate of drug-likeness (QED) is 0.534. The van der Waals surface area contributed by atoms with Crippen LogP contribution in [0.5, 0.6) is 0 Å². The van der Waals surface area contributed by atoms with Gasteiger partial charge in [0.25, 0.3) is 0 Å². The summed E-state index contributed by atoms with van der Waals surface area (Å²) >= 11 is 0. The van der Waals surface area contributed by atoms with E-state index in [4.69, 9.17) is 5.73 Å². The number of nitrogens with two attached hydrogens (primary N) is 1. The average molecular weight is 166 g/mol. The molecular formula is C9H16N3+. The molecule has 1 aliphatic heterocycles. The second-order valence-corrected chi connectivity index (χ2v) is 3.31. The Hall–Kier alpha value is -1.25. The van der Waals surface area contributed by atoms with Gasteiger partial charge in [-0.15, -0.1) is 0 Å². The maximum atomic E-state index is 5.65. The Kier molecular flexibility index (Phi) is 2.22. The van der Waals surface area contributed by atoms with E-state index < -0.39 is 0 Å². The highest BCUT2D eigenvalue weighted by Crippen LogP contribution is 2.07. The maximum absolute atomic E-state index is 5.65. The van der Waals surface area contributed by atoms with Gasteiger partial charge >= 0.3 is 0 Å². The van der Waals surface area contributed by atoms with Crippen LogP contribution in [0.15, 0.2) is 24.6 Å². The maximum Gasteiger partial charge on any atom is 0.222 e. The van der Waals surface area contributed by atoms with Crippen molar-refractivity contribution in [3.05, 3.63) is 24.6 Å². The van der Waals surface area contributed by atoms with Crippen LogP contribution < -0.4 is 10.7 Å². The second-order valence-electron chi connectivity index (χ2n) is 3.31. The van der Waals surface area contributed by atoms with Crippen molar-refractivity contribution >= 4 is 5.84 Å². The van der Waals surface area contributed by atoms with Gasteiger partial charge < -0.3 is 5.73 Å². The molecule has 0 unspecified atom stereocenters. The van der Waals surface area contributed by atoms with Crippen molar-refractivity contribution in [1.29, 1.82) is 0 Å². The third-order valence-electron chi connectivity index (χ3n) is 1.99. The molecule has 0 fully saturated rings. The summed E-state index contributed by atoms with van der Waals surface area (Å²) in [5.41, 5.74) is 6.58. The predicted molar refractivity (Wildman–Crippen MR) is 50.3 cm³/mol. The zero-order valence-electron chi connectivity index (χ0n) is 7.72. The fourth-order valence-corrected chi connectivity index (χ4v) is 1.20. The highest BCUT2D eigenvalue weighted by molar-refractivity contribution is 5.92. The molecule has 1 aliphatic rings. The first kappa shape index (κ1) is 8.84. The lowest BCUT2D eigenvalue weighted by Crippen LogP contribution is -2.80. The minimum absolute atomic E-state index is 0.426. The normalized spacial score (nSPS) is 18.6. The average Bonchev–Trinajstić information content (AvgIpc) is 1.96. The monoisotopic (exact) mass is 166 g/mol. The van der Waals surface area contributed by atoms with Crippen molar-refractivity contribution in [3.63, 3.8) is 0 Å². The third-order valence-corrected chi connectivity index (χ3v) is 1.99. The van der Waals surface area contributed by atoms with Gasteiger partial charge in [0.1, 0.15) is 0 Å². The minimum Gasteiger partial charge on any atom is -0.318 e. The first-order valence-corrected chi connectivity index (χ1v) is 4.05. The number of hydrogen-bond acceptors (Lipinski definition) is 2. The molecule has 0 saturated heterocycles. The van der Waals surface area contributed by atoms with Crippen molar-refractivity contribution < 1.29 is 4.99 Å². The summed E-state index contributed by atoms with van der Waals surface area (Å²) in [7, 11) is 0. The number of rotatable bonds is 1. The van der Waals surface area contributed by atoms with E-state index in [-0.39, 0.29) is 0 Å². The van der Waals surface area contributed by atoms with Crippen molar-refractivity contribution in [2.24, 2.45) is 5.73 Å². The zero-order chi connectivity index (χ0) is 9.30. The second kappa shape index (κ2) is 3.01. The van der Waals surface area contributed by atoms with E-state index >= 15 is 0 Å². The molecule has 66 valence electrons. The lowest BCUT2D eigenvalue weighted by Gasteiger charge is -2.27. The number of nitrogens with zero attached hydrogens (tertiary/aromatic N) is 1.